The Balaban J connectivity index is 2.14. The first kappa shape index (κ1) is 16.8. The van der Waals surface area contributed by atoms with E-state index in [1.165, 1.54) is 0 Å². The summed E-state index contributed by atoms with van der Waals surface area (Å²) in [7, 11) is 0. The van der Waals surface area contributed by atoms with Gasteiger partial charge in [0.05, 0.1) is 18.7 Å². The highest BCUT2D eigenvalue weighted by molar-refractivity contribution is 6.35. The highest BCUT2D eigenvalue weighted by Crippen LogP contribution is 2.22. The maximum Gasteiger partial charge on any atom is 0.229 e. The van der Waals surface area contributed by atoms with Gasteiger partial charge in [0.15, 0.2) is 0 Å². The van der Waals surface area contributed by atoms with Crippen LogP contribution in [0.15, 0.2) is 30.5 Å². The fraction of sp³-hybridized carbons (Fsp3) is 0.333. The first-order valence-electron chi connectivity index (χ1n) is 6.90. The Hall–Kier alpha value is -1.56. The van der Waals surface area contributed by atoms with E-state index in [0.29, 0.717) is 22.4 Å². The summed E-state index contributed by atoms with van der Waals surface area (Å²) in [6.07, 6.45) is 1.62. The predicted molar refractivity (Wildman–Crippen MR) is 89.2 cm³/mol. The van der Waals surface area contributed by atoms with Crippen LogP contribution in [0.25, 0.3) is 0 Å². The zero-order chi connectivity index (χ0) is 16.3. The van der Waals surface area contributed by atoms with Crippen molar-refractivity contribution in [2.24, 2.45) is 11.7 Å². The van der Waals surface area contributed by atoms with Gasteiger partial charge >= 0.3 is 0 Å². The second kappa shape index (κ2) is 7.13. The number of hydrogen-bond donors (Lipinski definition) is 2. The van der Waals surface area contributed by atoms with Crippen LogP contribution >= 0.6 is 23.2 Å². The van der Waals surface area contributed by atoms with E-state index < -0.39 is 0 Å². The molecule has 5 nitrogen and oxygen atoms in total. The topological polar surface area (TPSA) is 72.9 Å². The fourth-order valence-electron chi connectivity index (χ4n) is 1.85. The number of hydrogen-bond acceptors (Lipinski definition) is 3. The molecule has 2 unspecified atom stereocenters. The molecule has 1 aromatic carbocycles. The number of nitrogens with two attached hydrogens (primary N) is 1. The van der Waals surface area contributed by atoms with Crippen LogP contribution in [0.2, 0.25) is 10.0 Å². The average Bonchev–Trinajstić information content (AvgIpc) is 2.88. The van der Waals surface area contributed by atoms with Gasteiger partial charge in [-0.05, 0) is 24.6 Å². The molecule has 0 aliphatic rings. The molecule has 118 valence electrons. The summed E-state index contributed by atoms with van der Waals surface area (Å²) < 4.78 is 1.67. The number of aromatic nitrogens is 2. The predicted octanol–water partition coefficient (Wildman–Crippen LogP) is 3.16. The van der Waals surface area contributed by atoms with E-state index in [1.807, 2.05) is 6.07 Å². The summed E-state index contributed by atoms with van der Waals surface area (Å²) in [5.41, 5.74) is 6.61. The molecular formula is C15H18Cl2N4O. The van der Waals surface area contributed by atoms with Gasteiger partial charge in [-0.25, -0.2) is 4.68 Å². The lowest BCUT2D eigenvalue weighted by molar-refractivity contribution is -0.119. The third-order valence-electron chi connectivity index (χ3n) is 3.51. The maximum absolute atomic E-state index is 12.1. The third kappa shape index (κ3) is 4.00. The van der Waals surface area contributed by atoms with E-state index in [2.05, 4.69) is 10.4 Å². The lowest BCUT2D eigenvalue weighted by Gasteiger charge is -2.16. The van der Waals surface area contributed by atoms with Gasteiger partial charge in [-0.2, -0.15) is 5.10 Å². The summed E-state index contributed by atoms with van der Waals surface area (Å²) in [5.74, 6) is 0.171. The molecular weight excluding hydrogens is 323 g/mol. The van der Waals surface area contributed by atoms with Crippen LogP contribution in [0.5, 0.6) is 0 Å². The molecule has 22 heavy (non-hydrogen) atoms. The fourth-order valence-corrected chi connectivity index (χ4v) is 2.32. The van der Waals surface area contributed by atoms with Crippen LogP contribution in [-0.4, -0.2) is 21.7 Å². The van der Waals surface area contributed by atoms with Crippen LogP contribution in [0.4, 0.5) is 5.82 Å². The van der Waals surface area contributed by atoms with E-state index in [9.17, 15) is 4.79 Å². The van der Waals surface area contributed by atoms with Gasteiger partial charge in [0.1, 0.15) is 5.82 Å². The molecule has 1 heterocycles. The van der Waals surface area contributed by atoms with E-state index in [-0.39, 0.29) is 17.9 Å². The smallest absolute Gasteiger partial charge is 0.229 e. The molecule has 1 aromatic heterocycles. The van der Waals surface area contributed by atoms with Gasteiger partial charge in [0.25, 0.3) is 0 Å². The second-order valence-electron chi connectivity index (χ2n) is 5.25. The van der Waals surface area contributed by atoms with Gasteiger partial charge in [0, 0.05) is 22.2 Å². The highest BCUT2D eigenvalue weighted by Gasteiger charge is 2.18. The Morgan fingerprint density at radius 3 is 2.73 bits per heavy atom. The molecule has 2 aromatic rings. The first-order chi connectivity index (χ1) is 10.4. The van der Waals surface area contributed by atoms with Crippen molar-refractivity contribution in [1.29, 1.82) is 0 Å². The molecule has 0 aliphatic heterocycles. The molecule has 0 bridgehead atoms. The number of anilines is 1. The van der Waals surface area contributed by atoms with E-state index >= 15 is 0 Å². The molecule has 0 radical (unpaired) electrons. The summed E-state index contributed by atoms with van der Waals surface area (Å²) in [6, 6.07) is 6.79. The SMILES string of the molecule is CC(N)C(C)C(=O)Nc1ccnn1Cc1ccc(Cl)cc1Cl. The minimum Gasteiger partial charge on any atom is -0.327 e. The van der Waals surface area contributed by atoms with Crippen LogP contribution in [-0.2, 0) is 11.3 Å². The Morgan fingerprint density at radius 2 is 2.09 bits per heavy atom. The lowest BCUT2D eigenvalue weighted by atomic mass is 10.0. The van der Waals surface area contributed by atoms with E-state index in [1.54, 1.807) is 42.9 Å². The lowest BCUT2D eigenvalue weighted by Crippen LogP contribution is -2.34. The van der Waals surface area contributed by atoms with Gasteiger partial charge in [-0.15, -0.1) is 0 Å². The summed E-state index contributed by atoms with van der Waals surface area (Å²) in [6.45, 7) is 4.02. The van der Waals surface area contributed by atoms with Crippen molar-refractivity contribution in [3.05, 3.63) is 46.1 Å². The minimum absolute atomic E-state index is 0.140. The molecule has 7 heteroatoms. The van der Waals surface area contributed by atoms with Crippen molar-refractivity contribution >= 4 is 34.9 Å². The number of nitrogens with one attached hydrogen (secondary N) is 1. The van der Waals surface area contributed by atoms with Crippen molar-refractivity contribution in [2.45, 2.75) is 26.4 Å². The molecule has 0 fully saturated rings. The van der Waals surface area contributed by atoms with Gasteiger partial charge < -0.3 is 11.1 Å². The Morgan fingerprint density at radius 1 is 1.36 bits per heavy atom. The van der Waals surface area contributed by atoms with Crippen molar-refractivity contribution in [3.63, 3.8) is 0 Å². The molecule has 0 spiro atoms. The van der Waals surface area contributed by atoms with E-state index in [0.717, 1.165) is 5.56 Å². The number of benzene rings is 1. The number of carbonyl (C=O) groups is 1. The van der Waals surface area contributed by atoms with E-state index in [4.69, 9.17) is 28.9 Å². The highest BCUT2D eigenvalue weighted by atomic mass is 35.5. The van der Waals surface area contributed by atoms with Crippen LogP contribution < -0.4 is 11.1 Å². The maximum atomic E-state index is 12.1. The number of rotatable bonds is 5. The molecule has 1 amide bonds. The molecule has 0 saturated heterocycles. The Labute approximate surface area is 139 Å². The normalized spacial score (nSPS) is 13.7. The molecule has 3 N–H and O–H groups in total. The molecule has 2 rings (SSSR count). The summed E-state index contributed by atoms with van der Waals surface area (Å²) in [5, 5.41) is 8.18. The van der Waals surface area contributed by atoms with Crippen LogP contribution in [0, 0.1) is 5.92 Å². The number of halogens is 2. The van der Waals surface area contributed by atoms with Crippen molar-refractivity contribution in [3.8, 4) is 0 Å². The van der Waals surface area contributed by atoms with Gasteiger partial charge in [-0.1, -0.05) is 36.2 Å². The quantitative estimate of drug-likeness (QED) is 0.877. The number of nitrogens with zero attached hydrogens (tertiary/aromatic N) is 2. The van der Waals surface area contributed by atoms with Crippen molar-refractivity contribution < 1.29 is 4.79 Å². The van der Waals surface area contributed by atoms with Crippen molar-refractivity contribution in [2.75, 3.05) is 5.32 Å². The summed E-state index contributed by atoms with van der Waals surface area (Å²) in [4.78, 5) is 12.1. The second-order valence-corrected chi connectivity index (χ2v) is 6.09. The van der Waals surface area contributed by atoms with Crippen molar-refractivity contribution in [1.82, 2.24) is 9.78 Å². The first-order valence-corrected chi connectivity index (χ1v) is 7.66. The Bertz CT molecular complexity index is 669. The summed E-state index contributed by atoms with van der Waals surface area (Å²) >= 11 is 12.1. The third-order valence-corrected chi connectivity index (χ3v) is 4.09. The Kier molecular flexibility index (Phi) is 5.45. The monoisotopic (exact) mass is 340 g/mol. The average molecular weight is 341 g/mol. The van der Waals surface area contributed by atoms with Crippen LogP contribution in [0.3, 0.4) is 0 Å². The number of carbonyl (C=O) groups excluding carboxylic acids is 1. The standard InChI is InChI=1S/C15H18Cl2N4O/c1-9(10(2)18)15(22)20-14-5-6-19-21(14)8-11-3-4-12(16)7-13(11)17/h3-7,9-10H,8,18H2,1-2H3,(H,20,22). The molecule has 0 saturated carbocycles. The van der Waals surface area contributed by atoms with Gasteiger partial charge in [-0.3, -0.25) is 4.79 Å². The van der Waals surface area contributed by atoms with Crippen LogP contribution in [0.1, 0.15) is 19.4 Å². The van der Waals surface area contributed by atoms with Gasteiger partial charge in [0.2, 0.25) is 5.91 Å². The zero-order valence-corrected chi connectivity index (χ0v) is 13.9. The largest absolute Gasteiger partial charge is 0.327 e. The zero-order valence-electron chi connectivity index (χ0n) is 12.4. The molecule has 2 atom stereocenters. The number of amides is 1. The minimum atomic E-state index is -0.289. The molecule has 0 aliphatic carbocycles.